The van der Waals surface area contributed by atoms with Gasteiger partial charge in [-0.1, -0.05) is 20.8 Å². The summed E-state index contributed by atoms with van der Waals surface area (Å²) in [4.78, 5) is 30.7. The van der Waals surface area contributed by atoms with Crippen molar-refractivity contribution >= 4 is 17.2 Å². The summed E-state index contributed by atoms with van der Waals surface area (Å²) in [6.45, 7) is 7.33. The largest absolute Gasteiger partial charge is 0.332 e. The monoisotopic (exact) mass is 346 g/mol. The molecule has 24 heavy (non-hydrogen) atoms. The standard InChI is InChI=1S/C17H22N4O2S/c1-17(2,3)14-6-7-15(22)21(19-14)9-12-5-4-8-20(12)16(23)13-10-24-11-18-13/h6-7,10-12H,4-5,8-9H2,1-3H3. The zero-order valence-electron chi connectivity index (χ0n) is 14.2. The van der Waals surface area contributed by atoms with E-state index < -0.39 is 0 Å². The van der Waals surface area contributed by atoms with Crippen molar-refractivity contribution in [3.8, 4) is 0 Å². The molecule has 1 fully saturated rings. The molecule has 0 spiro atoms. The molecule has 0 bridgehead atoms. The van der Waals surface area contributed by atoms with Gasteiger partial charge in [-0.25, -0.2) is 9.67 Å². The van der Waals surface area contributed by atoms with Gasteiger partial charge in [0.1, 0.15) is 5.69 Å². The van der Waals surface area contributed by atoms with Gasteiger partial charge in [-0.15, -0.1) is 11.3 Å². The Morgan fingerprint density at radius 3 is 2.83 bits per heavy atom. The third-order valence-electron chi connectivity index (χ3n) is 4.31. The first kappa shape index (κ1) is 16.8. The van der Waals surface area contributed by atoms with Crippen LogP contribution in [-0.4, -0.2) is 38.2 Å². The molecule has 3 heterocycles. The van der Waals surface area contributed by atoms with Crippen molar-refractivity contribution in [3.05, 3.63) is 44.8 Å². The number of carbonyl (C=O) groups excluding carboxylic acids is 1. The predicted octanol–water partition coefficient (Wildman–Crippen LogP) is 2.30. The first-order valence-corrected chi connectivity index (χ1v) is 9.08. The van der Waals surface area contributed by atoms with Crippen molar-refractivity contribution in [2.45, 2.75) is 51.6 Å². The van der Waals surface area contributed by atoms with Crippen molar-refractivity contribution < 1.29 is 4.79 Å². The number of carbonyl (C=O) groups is 1. The van der Waals surface area contributed by atoms with Crippen LogP contribution in [0.3, 0.4) is 0 Å². The fraction of sp³-hybridized carbons (Fsp3) is 0.529. The van der Waals surface area contributed by atoms with Gasteiger partial charge in [0.05, 0.1) is 23.8 Å². The summed E-state index contributed by atoms with van der Waals surface area (Å²) in [5, 5.41) is 6.28. The molecule has 1 aliphatic heterocycles. The number of hydrogen-bond donors (Lipinski definition) is 0. The summed E-state index contributed by atoms with van der Waals surface area (Å²) >= 11 is 1.41. The van der Waals surface area contributed by atoms with Gasteiger partial charge in [0.25, 0.3) is 11.5 Å². The summed E-state index contributed by atoms with van der Waals surface area (Å²) < 4.78 is 1.50. The van der Waals surface area contributed by atoms with Crippen molar-refractivity contribution in [2.75, 3.05) is 6.54 Å². The van der Waals surface area contributed by atoms with Gasteiger partial charge >= 0.3 is 0 Å². The van der Waals surface area contributed by atoms with E-state index in [0.717, 1.165) is 18.5 Å². The lowest BCUT2D eigenvalue weighted by Crippen LogP contribution is -2.41. The fourth-order valence-corrected chi connectivity index (χ4v) is 3.46. The van der Waals surface area contributed by atoms with Crippen LogP contribution in [0.1, 0.15) is 49.8 Å². The van der Waals surface area contributed by atoms with Crippen molar-refractivity contribution in [1.29, 1.82) is 0 Å². The van der Waals surface area contributed by atoms with E-state index in [9.17, 15) is 9.59 Å². The van der Waals surface area contributed by atoms with Crippen LogP contribution in [0.25, 0.3) is 0 Å². The maximum absolute atomic E-state index is 12.6. The maximum Gasteiger partial charge on any atom is 0.273 e. The second-order valence-corrected chi connectivity index (χ2v) is 7.88. The molecule has 1 atom stereocenters. The van der Waals surface area contributed by atoms with E-state index in [1.165, 1.54) is 16.0 Å². The fourth-order valence-electron chi connectivity index (χ4n) is 2.94. The van der Waals surface area contributed by atoms with Gasteiger partial charge in [0.2, 0.25) is 0 Å². The minimum absolute atomic E-state index is 0.0142. The molecule has 3 rings (SSSR count). The Bertz CT molecular complexity index is 777. The molecule has 1 unspecified atom stereocenters. The zero-order valence-corrected chi connectivity index (χ0v) is 15.0. The smallest absolute Gasteiger partial charge is 0.273 e. The highest BCUT2D eigenvalue weighted by atomic mass is 32.1. The average molecular weight is 346 g/mol. The van der Waals surface area contributed by atoms with Crippen LogP contribution in [0.2, 0.25) is 0 Å². The number of amides is 1. The molecular weight excluding hydrogens is 324 g/mol. The highest BCUT2D eigenvalue weighted by Gasteiger charge is 2.31. The second kappa shape index (κ2) is 6.47. The molecule has 1 saturated heterocycles. The molecule has 2 aromatic rings. The second-order valence-electron chi connectivity index (χ2n) is 7.16. The SMILES string of the molecule is CC(C)(C)c1ccc(=O)n(CC2CCCN2C(=O)c2cscn2)n1. The van der Waals surface area contributed by atoms with Gasteiger partial charge in [-0.2, -0.15) is 5.10 Å². The van der Waals surface area contributed by atoms with E-state index in [1.54, 1.807) is 23.0 Å². The number of likely N-dealkylation sites (tertiary alicyclic amines) is 1. The molecule has 0 aliphatic carbocycles. The van der Waals surface area contributed by atoms with E-state index >= 15 is 0 Å². The Hall–Kier alpha value is -2.02. The lowest BCUT2D eigenvalue weighted by atomic mass is 9.92. The Labute approximate surface area is 145 Å². The molecule has 6 nitrogen and oxygen atoms in total. The van der Waals surface area contributed by atoms with Crippen LogP contribution >= 0.6 is 11.3 Å². The Morgan fingerprint density at radius 2 is 2.17 bits per heavy atom. The molecule has 7 heteroatoms. The van der Waals surface area contributed by atoms with Gasteiger partial charge < -0.3 is 4.90 Å². The van der Waals surface area contributed by atoms with Gasteiger partial charge in [0, 0.05) is 23.4 Å². The molecule has 2 aromatic heterocycles. The molecular formula is C17H22N4O2S. The lowest BCUT2D eigenvalue weighted by molar-refractivity contribution is 0.0715. The predicted molar refractivity (Wildman–Crippen MR) is 93.4 cm³/mol. The van der Waals surface area contributed by atoms with E-state index in [-0.39, 0.29) is 22.9 Å². The quantitative estimate of drug-likeness (QED) is 0.855. The summed E-state index contributed by atoms with van der Waals surface area (Å²) in [6, 6.07) is 3.33. The van der Waals surface area contributed by atoms with Crippen molar-refractivity contribution in [1.82, 2.24) is 19.7 Å². The van der Waals surface area contributed by atoms with E-state index in [2.05, 4.69) is 30.9 Å². The van der Waals surface area contributed by atoms with E-state index in [1.807, 2.05) is 4.90 Å². The van der Waals surface area contributed by atoms with Crippen LogP contribution in [0.15, 0.2) is 27.8 Å². The molecule has 128 valence electrons. The first-order chi connectivity index (χ1) is 11.4. The lowest BCUT2D eigenvalue weighted by Gasteiger charge is -2.25. The number of thiazole rings is 1. The number of rotatable bonds is 3. The minimum atomic E-state index is -0.129. The Morgan fingerprint density at radius 1 is 1.38 bits per heavy atom. The normalized spacial score (nSPS) is 18.1. The van der Waals surface area contributed by atoms with Crippen LogP contribution in [-0.2, 0) is 12.0 Å². The summed E-state index contributed by atoms with van der Waals surface area (Å²) in [6.07, 6.45) is 1.82. The highest BCUT2D eigenvalue weighted by molar-refractivity contribution is 7.07. The average Bonchev–Trinajstić information content (AvgIpc) is 3.19. The third kappa shape index (κ3) is 3.40. The summed E-state index contributed by atoms with van der Waals surface area (Å²) in [5.41, 5.74) is 2.77. The maximum atomic E-state index is 12.6. The number of hydrogen-bond acceptors (Lipinski definition) is 5. The van der Waals surface area contributed by atoms with Crippen molar-refractivity contribution in [2.24, 2.45) is 0 Å². The van der Waals surface area contributed by atoms with E-state index in [4.69, 9.17) is 0 Å². The molecule has 1 amide bonds. The summed E-state index contributed by atoms with van der Waals surface area (Å²) in [7, 11) is 0. The molecule has 0 aromatic carbocycles. The molecule has 0 N–H and O–H groups in total. The molecule has 1 aliphatic rings. The molecule has 0 saturated carbocycles. The van der Waals surface area contributed by atoms with Gasteiger partial charge in [0.15, 0.2) is 0 Å². The van der Waals surface area contributed by atoms with Crippen molar-refractivity contribution in [3.63, 3.8) is 0 Å². The van der Waals surface area contributed by atoms with Crippen LogP contribution in [0.4, 0.5) is 0 Å². The van der Waals surface area contributed by atoms with Crippen LogP contribution in [0, 0.1) is 0 Å². The zero-order chi connectivity index (χ0) is 17.3. The summed E-state index contributed by atoms with van der Waals surface area (Å²) in [5.74, 6) is -0.0567. The molecule has 0 radical (unpaired) electrons. The number of nitrogens with zero attached hydrogens (tertiary/aromatic N) is 4. The third-order valence-corrected chi connectivity index (χ3v) is 4.89. The Balaban J connectivity index is 1.82. The van der Waals surface area contributed by atoms with Gasteiger partial charge in [-0.05, 0) is 18.9 Å². The topological polar surface area (TPSA) is 68.1 Å². The minimum Gasteiger partial charge on any atom is -0.332 e. The Kier molecular flexibility index (Phi) is 4.54. The van der Waals surface area contributed by atoms with Crippen LogP contribution < -0.4 is 5.56 Å². The van der Waals surface area contributed by atoms with Crippen LogP contribution in [0.5, 0.6) is 0 Å². The number of aromatic nitrogens is 3. The van der Waals surface area contributed by atoms with Gasteiger partial charge in [-0.3, -0.25) is 9.59 Å². The van der Waals surface area contributed by atoms with E-state index in [0.29, 0.717) is 18.8 Å². The first-order valence-electron chi connectivity index (χ1n) is 8.14. The highest BCUT2D eigenvalue weighted by Crippen LogP contribution is 2.22.